The molecule has 16 heavy (non-hydrogen) atoms. The van der Waals surface area contributed by atoms with E-state index in [4.69, 9.17) is 0 Å². The second-order valence-corrected chi connectivity index (χ2v) is 4.06. The Morgan fingerprint density at radius 2 is 2.00 bits per heavy atom. The molecule has 1 unspecified atom stereocenters. The zero-order valence-electron chi connectivity index (χ0n) is 9.03. The molecule has 4 nitrogen and oxygen atoms in total. The van der Waals surface area contributed by atoms with Crippen molar-refractivity contribution >= 4 is 5.70 Å². The summed E-state index contributed by atoms with van der Waals surface area (Å²) in [6.07, 6.45) is 17.3. The fourth-order valence-electron chi connectivity index (χ4n) is 2.29. The van der Waals surface area contributed by atoms with Crippen molar-refractivity contribution in [1.82, 2.24) is 19.1 Å². The van der Waals surface area contributed by atoms with Crippen molar-refractivity contribution in [2.75, 3.05) is 0 Å². The van der Waals surface area contributed by atoms with E-state index in [-0.39, 0.29) is 0 Å². The number of hydrogen-bond donors (Lipinski definition) is 0. The van der Waals surface area contributed by atoms with Gasteiger partial charge >= 0.3 is 0 Å². The summed E-state index contributed by atoms with van der Waals surface area (Å²) in [7, 11) is 0. The van der Waals surface area contributed by atoms with Crippen LogP contribution in [0.15, 0.2) is 43.5 Å². The third-order valence-corrected chi connectivity index (χ3v) is 3.06. The van der Waals surface area contributed by atoms with Crippen molar-refractivity contribution in [1.29, 1.82) is 0 Å². The van der Waals surface area contributed by atoms with E-state index < -0.39 is 0 Å². The van der Waals surface area contributed by atoms with Crippen molar-refractivity contribution in [2.24, 2.45) is 0 Å². The van der Waals surface area contributed by atoms with Gasteiger partial charge in [0.1, 0.15) is 0 Å². The molecule has 2 aromatic heterocycles. The lowest BCUT2D eigenvalue weighted by Crippen LogP contribution is -2.15. The molecule has 1 aliphatic rings. The lowest BCUT2D eigenvalue weighted by Gasteiger charge is -2.25. The summed E-state index contributed by atoms with van der Waals surface area (Å²) in [5.74, 6) is 0. The first-order valence-electron chi connectivity index (χ1n) is 5.61. The summed E-state index contributed by atoms with van der Waals surface area (Å²) in [6.45, 7) is 0. The van der Waals surface area contributed by atoms with Gasteiger partial charge in [0.2, 0.25) is 0 Å². The monoisotopic (exact) mass is 214 g/mol. The second kappa shape index (κ2) is 3.96. The first-order valence-corrected chi connectivity index (χ1v) is 5.61. The highest BCUT2D eigenvalue weighted by Crippen LogP contribution is 2.31. The fraction of sp³-hybridized carbons (Fsp3) is 0.333. The number of imidazole rings is 2. The molecule has 3 rings (SSSR count). The summed E-state index contributed by atoms with van der Waals surface area (Å²) in [5, 5.41) is 0. The molecule has 2 aromatic rings. The summed E-state index contributed by atoms with van der Waals surface area (Å²) >= 11 is 0. The smallest absolute Gasteiger partial charge is 0.0989 e. The first kappa shape index (κ1) is 9.39. The number of rotatable bonds is 2. The molecule has 0 fully saturated rings. The van der Waals surface area contributed by atoms with Gasteiger partial charge in [-0.1, -0.05) is 6.08 Å². The van der Waals surface area contributed by atoms with Crippen LogP contribution in [0.4, 0.5) is 0 Å². The van der Waals surface area contributed by atoms with Gasteiger partial charge in [0.15, 0.2) is 0 Å². The Morgan fingerprint density at radius 1 is 1.12 bits per heavy atom. The second-order valence-electron chi connectivity index (χ2n) is 4.06. The minimum atomic E-state index is 0.394. The van der Waals surface area contributed by atoms with Crippen LogP contribution in [-0.4, -0.2) is 19.1 Å². The average Bonchev–Trinajstić information content (AvgIpc) is 3.03. The molecule has 0 N–H and O–H groups in total. The van der Waals surface area contributed by atoms with Crippen LogP contribution in [0.1, 0.15) is 25.3 Å². The van der Waals surface area contributed by atoms with E-state index >= 15 is 0 Å². The predicted octanol–water partition coefficient (Wildman–Crippen LogP) is 2.35. The number of hydrogen-bond acceptors (Lipinski definition) is 2. The van der Waals surface area contributed by atoms with Crippen LogP contribution in [0.5, 0.6) is 0 Å². The Balaban J connectivity index is 1.98. The fourth-order valence-corrected chi connectivity index (χ4v) is 2.29. The van der Waals surface area contributed by atoms with Gasteiger partial charge in [0, 0.05) is 30.5 Å². The summed E-state index contributed by atoms with van der Waals surface area (Å²) in [6, 6.07) is 0.394. The number of nitrogens with zero attached hydrogens (tertiary/aromatic N) is 4. The Hall–Kier alpha value is -1.84. The van der Waals surface area contributed by atoms with Crippen molar-refractivity contribution in [2.45, 2.75) is 25.3 Å². The molecule has 2 heterocycles. The zero-order valence-corrected chi connectivity index (χ0v) is 9.03. The SMILES string of the molecule is C1=C(n2ccnc2)C(n2ccnc2)CCC1. The van der Waals surface area contributed by atoms with Gasteiger partial charge in [-0.2, -0.15) is 0 Å². The van der Waals surface area contributed by atoms with Crippen LogP contribution in [0.25, 0.3) is 5.70 Å². The number of allylic oxidation sites excluding steroid dienone is 2. The van der Waals surface area contributed by atoms with Gasteiger partial charge in [-0.3, -0.25) is 0 Å². The molecule has 0 bridgehead atoms. The molecule has 1 aliphatic carbocycles. The summed E-state index contributed by atoms with van der Waals surface area (Å²) in [4.78, 5) is 8.23. The molecule has 4 heteroatoms. The van der Waals surface area contributed by atoms with Crippen LogP contribution >= 0.6 is 0 Å². The van der Waals surface area contributed by atoms with Gasteiger partial charge in [0.05, 0.1) is 18.7 Å². The van der Waals surface area contributed by atoms with Crippen molar-refractivity contribution in [3.8, 4) is 0 Å². The van der Waals surface area contributed by atoms with Crippen molar-refractivity contribution in [3.05, 3.63) is 43.5 Å². The summed E-state index contributed by atoms with van der Waals surface area (Å²) in [5.41, 5.74) is 1.31. The van der Waals surface area contributed by atoms with E-state index in [1.807, 2.05) is 37.4 Å². The molecule has 0 aromatic carbocycles. The van der Waals surface area contributed by atoms with Crippen molar-refractivity contribution in [3.63, 3.8) is 0 Å². The predicted molar refractivity (Wildman–Crippen MR) is 61.6 cm³/mol. The standard InChI is InChI=1S/C12H14N4/c1-2-4-12(16-8-6-14-10-16)11(3-1)15-7-5-13-9-15/h3,5-10,12H,1-2,4H2. The number of aromatic nitrogens is 4. The molecule has 0 amide bonds. The van der Waals surface area contributed by atoms with E-state index in [1.165, 1.54) is 18.5 Å². The van der Waals surface area contributed by atoms with E-state index in [0.29, 0.717) is 6.04 Å². The lowest BCUT2D eigenvalue weighted by molar-refractivity contribution is 0.514. The topological polar surface area (TPSA) is 35.6 Å². The maximum absolute atomic E-state index is 4.12. The Bertz CT molecular complexity index is 467. The third kappa shape index (κ3) is 1.56. The van der Waals surface area contributed by atoms with Gasteiger partial charge in [0.25, 0.3) is 0 Å². The molecular weight excluding hydrogens is 200 g/mol. The van der Waals surface area contributed by atoms with Crippen LogP contribution < -0.4 is 0 Å². The van der Waals surface area contributed by atoms with E-state index in [9.17, 15) is 0 Å². The van der Waals surface area contributed by atoms with E-state index in [0.717, 1.165) is 6.42 Å². The highest BCUT2D eigenvalue weighted by atomic mass is 15.1. The van der Waals surface area contributed by atoms with Gasteiger partial charge < -0.3 is 9.13 Å². The Kier molecular flexibility index (Phi) is 2.33. The Labute approximate surface area is 94.3 Å². The molecule has 0 spiro atoms. The zero-order chi connectivity index (χ0) is 10.8. The molecule has 0 saturated carbocycles. The highest BCUT2D eigenvalue weighted by Gasteiger charge is 2.19. The molecule has 0 aliphatic heterocycles. The van der Waals surface area contributed by atoms with E-state index in [1.54, 1.807) is 0 Å². The molecule has 1 atom stereocenters. The normalized spacial score (nSPS) is 20.8. The first-order chi connectivity index (χ1) is 7.95. The average molecular weight is 214 g/mol. The van der Waals surface area contributed by atoms with Crippen molar-refractivity contribution < 1.29 is 0 Å². The lowest BCUT2D eigenvalue weighted by atomic mass is 9.99. The van der Waals surface area contributed by atoms with Crippen LogP contribution in [0.2, 0.25) is 0 Å². The van der Waals surface area contributed by atoms with Crippen LogP contribution in [0, 0.1) is 0 Å². The summed E-state index contributed by atoms with van der Waals surface area (Å²) < 4.78 is 4.27. The highest BCUT2D eigenvalue weighted by molar-refractivity contribution is 5.50. The molecule has 82 valence electrons. The Morgan fingerprint density at radius 3 is 2.75 bits per heavy atom. The maximum atomic E-state index is 4.12. The largest absolute Gasteiger partial charge is 0.329 e. The minimum Gasteiger partial charge on any atom is -0.329 e. The van der Waals surface area contributed by atoms with Gasteiger partial charge in [-0.15, -0.1) is 0 Å². The maximum Gasteiger partial charge on any atom is 0.0989 e. The third-order valence-electron chi connectivity index (χ3n) is 3.06. The van der Waals surface area contributed by atoms with Crippen LogP contribution in [-0.2, 0) is 0 Å². The molecule has 0 radical (unpaired) electrons. The molecule has 0 saturated heterocycles. The van der Waals surface area contributed by atoms with Gasteiger partial charge in [-0.25, -0.2) is 9.97 Å². The molecular formula is C12H14N4. The minimum absolute atomic E-state index is 0.394. The van der Waals surface area contributed by atoms with Gasteiger partial charge in [-0.05, 0) is 19.3 Å². The quantitative estimate of drug-likeness (QED) is 0.769. The van der Waals surface area contributed by atoms with E-state index in [2.05, 4.69) is 25.2 Å². The van der Waals surface area contributed by atoms with Crippen LogP contribution in [0.3, 0.4) is 0 Å².